The quantitative estimate of drug-likeness (QED) is 0.923. The molecule has 1 aromatic heterocycles. The van der Waals surface area contributed by atoms with Gasteiger partial charge in [0.2, 0.25) is 0 Å². The molecule has 0 aliphatic carbocycles. The van der Waals surface area contributed by atoms with Crippen LogP contribution in [0.15, 0.2) is 15.7 Å². The van der Waals surface area contributed by atoms with Gasteiger partial charge in [0.1, 0.15) is 0 Å². The van der Waals surface area contributed by atoms with Crippen LogP contribution in [0.1, 0.15) is 37.8 Å². The molecule has 4 heterocycles. The highest BCUT2D eigenvalue weighted by molar-refractivity contribution is 8.01. The molecule has 1 N–H and O–H groups in total. The number of thioether (sulfide) groups is 1. The SMILES string of the molecule is C[C@H]1CC(NCC2CN3CCCC3CO2)c2ccsc2S1. The van der Waals surface area contributed by atoms with Crippen molar-refractivity contribution in [2.45, 2.75) is 53.8 Å². The van der Waals surface area contributed by atoms with Crippen LogP contribution in [0.3, 0.4) is 0 Å². The molecule has 2 fully saturated rings. The second-order valence-corrected chi connectivity index (χ2v) is 9.16. The van der Waals surface area contributed by atoms with Crippen molar-refractivity contribution in [3.63, 3.8) is 0 Å². The molecule has 5 heteroatoms. The minimum Gasteiger partial charge on any atom is -0.374 e. The second-order valence-electron chi connectivity index (χ2n) is 6.53. The lowest BCUT2D eigenvalue weighted by Gasteiger charge is -2.36. The molecule has 4 atom stereocenters. The zero-order chi connectivity index (χ0) is 14.2. The lowest BCUT2D eigenvalue weighted by Crippen LogP contribution is -2.49. The van der Waals surface area contributed by atoms with Crippen LogP contribution in [0.25, 0.3) is 0 Å². The van der Waals surface area contributed by atoms with Gasteiger partial charge < -0.3 is 10.1 Å². The van der Waals surface area contributed by atoms with Crippen molar-refractivity contribution in [2.24, 2.45) is 0 Å². The van der Waals surface area contributed by atoms with Crippen LogP contribution in [-0.4, -0.2) is 48.5 Å². The smallest absolute Gasteiger partial charge is 0.0827 e. The van der Waals surface area contributed by atoms with E-state index >= 15 is 0 Å². The van der Waals surface area contributed by atoms with Crippen molar-refractivity contribution in [3.05, 3.63) is 17.0 Å². The first kappa shape index (κ1) is 14.5. The number of nitrogens with zero attached hydrogens (tertiary/aromatic N) is 1. The fourth-order valence-corrected chi connectivity index (χ4v) is 6.39. The molecule has 0 spiro atoms. The molecule has 0 saturated carbocycles. The first-order valence-corrected chi connectivity index (χ1v) is 9.88. The summed E-state index contributed by atoms with van der Waals surface area (Å²) in [5, 5.41) is 6.73. The Morgan fingerprint density at radius 3 is 3.38 bits per heavy atom. The predicted molar refractivity (Wildman–Crippen MR) is 89.3 cm³/mol. The van der Waals surface area contributed by atoms with Gasteiger partial charge in [-0.05, 0) is 42.8 Å². The molecule has 0 radical (unpaired) electrons. The highest BCUT2D eigenvalue weighted by atomic mass is 32.2. The first-order valence-electron chi connectivity index (χ1n) is 8.12. The van der Waals surface area contributed by atoms with E-state index in [1.807, 2.05) is 23.1 Å². The summed E-state index contributed by atoms with van der Waals surface area (Å²) in [6.45, 7) is 6.66. The summed E-state index contributed by atoms with van der Waals surface area (Å²) < 4.78 is 7.58. The van der Waals surface area contributed by atoms with E-state index in [4.69, 9.17) is 4.74 Å². The van der Waals surface area contributed by atoms with E-state index in [1.54, 1.807) is 0 Å². The standard InChI is InChI=1S/C16H24N2OS2/c1-11-7-15(14-4-6-20-16(14)21-11)17-8-13-9-18-5-2-3-12(18)10-19-13/h4,6,11-13,15,17H,2-3,5,7-10H2,1H3/t11-,12?,13?,15?/m0/s1. The maximum absolute atomic E-state index is 6.07. The van der Waals surface area contributed by atoms with Crippen LogP contribution < -0.4 is 5.32 Å². The molecule has 2 saturated heterocycles. The number of ether oxygens (including phenoxy) is 1. The lowest BCUT2D eigenvalue weighted by molar-refractivity contribution is -0.0480. The van der Waals surface area contributed by atoms with Crippen molar-refractivity contribution in [1.29, 1.82) is 0 Å². The zero-order valence-corrected chi connectivity index (χ0v) is 14.2. The zero-order valence-electron chi connectivity index (χ0n) is 12.6. The van der Waals surface area contributed by atoms with Gasteiger partial charge in [0.15, 0.2) is 0 Å². The van der Waals surface area contributed by atoms with Gasteiger partial charge in [0.05, 0.1) is 16.9 Å². The summed E-state index contributed by atoms with van der Waals surface area (Å²) in [5.74, 6) is 0. The molecular formula is C16H24N2OS2. The maximum Gasteiger partial charge on any atom is 0.0827 e. The molecule has 3 unspecified atom stereocenters. The molecule has 21 heavy (non-hydrogen) atoms. The maximum atomic E-state index is 6.07. The largest absolute Gasteiger partial charge is 0.374 e. The Morgan fingerprint density at radius 1 is 1.48 bits per heavy atom. The highest BCUT2D eigenvalue weighted by Crippen LogP contribution is 2.43. The molecule has 3 aliphatic heterocycles. The predicted octanol–water partition coefficient (Wildman–Crippen LogP) is 3.13. The first-order chi connectivity index (χ1) is 10.3. The summed E-state index contributed by atoms with van der Waals surface area (Å²) in [6, 6.07) is 3.52. The molecule has 1 aromatic rings. The Kier molecular flexibility index (Phi) is 4.29. The fraction of sp³-hybridized carbons (Fsp3) is 0.750. The normalized spacial score (nSPS) is 36.4. The van der Waals surface area contributed by atoms with Crippen LogP contribution in [0.5, 0.6) is 0 Å². The van der Waals surface area contributed by atoms with Crippen LogP contribution in [0.4, 0.5) is 0 Å². The van der Waals surface area contributed by atoms with E-state index in [0.717, 1.165) is 19.7 Å². The molecule has 3 nitrogen and oxygen atoms in total. The fourth-order valence-electron chi connectivity index (χ4n) is 3.83. The monoisotopic (exact) mass is 324 g/mol. The third-order valence-corrected chi connectivity index (χ3v) is 7.31. The van der Waals surface area contributed by atoms with Gasteiger partial charge in [0, 0.05) is 30.4 Å². The summed E-state index contributed by atoms with van der Waals surface area (Å²) >= 11 is 3.93. The topological polar surface area (TPSA) is 24.5 Å². The Hall–Kier alpha value is -0.0700. The Balaban J connectivity index is 1.35. The van der Waals surface area contributed by atoms with E-state index in [-0.39, 0.29) is 0 Å². The van der Waals surface area contributed by atoms with Crippen molar-refractivity contribution in [3.8, 4) is 0 Å². The molecule has 116 valence electrons. The number of hydrogen-bond acceptors (Lipinski definition) is 5. The van der Waals surface area contributed by atoms with E-state index in [2.05, 4.69) is 28.6 Å². The average molecular weight is 325 g/mol. The number of nitrogens with one attached hydrogen (secondary N) is 1. The van der Waals surface area contributed by atoms with Gasteiger partial charge in [-0.2, -0.15) is 0 Å². The summed E-state index contributed by atoms with van der Waals surface area (Å²) in [4.78, 5) is 2.63. The van der Waals surface area contributed by atoms with Gasteiger partial charge >= 0.3 is 0 Å². The molecular weight excluding hydrogens is 300 g/mol. The number of thiophene rings is 1. The van der Waals surface area contributed by atoms with Gasteiger partial charge in [-0.3, -0.25) is 4.90 Å². The Bertz CT molecular complexity index is 492. The van der Waals surface area contributed by atoms with E-state index in [0.29, 0.717) is 23.4 Å². The van der Waals surface area contributed by atoms with E-state index in [1.165, 1.54) is 35.6 Å². The Labute approximate surface area is 135 Å². The molecule has 3 aliphatic rings. The second kappa shape index (κ2) is 6.20. The lowest BCUT2D eigenvalue weighted by atomic mass is 10.0. The minimum absolute atomic E-state index is 0.367. The number of fused-ring (bicyclic) bond motifs is 2. The van der Waals surface area contributed by atoms with Gasteiger partial charge in [-0.15, -0.1) is 23.1 Å². The van der Waals surface area contributed by atoms with Gasteiger partial charge in [-0.1, -0.05) is 6.92 Å². The van der Waals surface area contributed by atoms with Crippen LogP contribution >= 0.6 is 23.1 Å². The highest BCUT2D eigenvalue weighted by Gasteiger charge is 2.33. The van der Waals surface area contributed by atoms with Crippen molar-refractivity contribution < 1.29 is 4.74 Å². The van der Waals surface area contributed by atoms with Crippen molar-refractivity contribution in [1.82, 2.24) is 10.2 Å². The van der Waals surface area contributed by atoms with Crippen molar-refractivity contribution in [2.75, 3.05) is 26.2 Å². The number of rotatable bonds is 3. The minimum atomic E-state index is 0.367. The van der Waals surface area contributed by atoms with E-state index < -0.39 is 0 Å². The van der Waals surface area contributed by atoms with Crippen molar-refractivity contribution >= 4 is 23.1 Å². The van der Waals surface area contributed by atoms with Gasteiger partial charge in [-0.25, -0.2) is 0 Å². The van der Waals surface area contributed by atoms with Crippen LogP contribution in [0.2, 0.25) is 0 Å². The summed E-state index contributed by atoms with van der Waals surface area (Å²) in [7, 11) is 0. The molecule has 0 aromatic carbocycles. The third kappa shape index (κ3) is 3.04. The third-order valence-electron chi connectivity index (χ3n) is 4.96. The summed E-state index contributed by atoms with van der Waals surface area (Å²) in [6.07, 6.45) is 4.28. The van der Waals surface area contributed by atoms with E-state index in [9.17, 15) is 0 Å². The van der Waals surface area contributed by atoms with Gasteiger partial charge in [0.25, 0.3) is 0 Å². The number of morpholine rings is 1. The molecule has 4 rings (SSSR count). The average Bonchev–Trinajstić information content (AvgIpc) is 3.12. The van der Waals surface area contributed by atoms with Crippen LogP contribution in [0, 0.1) is 0 Å². The molecule has 0 bridgehead atoms. The number of hydrogen-bond donors (Lipinski definition) is 1. The van der Waals surface area contributed by atoms with Crippen LogP contribution in [-0.2, 0) is 4.74 Å². The Morgan fingerprint density at radius 2 is 2.43 bits per heavy atom. The molecule has 0 amide bonds. The summed E-state index contributed by atoms with van der Waals surface area (Å²) in [5.41, 5.74) is 1.51.